The van der Waals surface area contributed by atoms with E-state index in [-0.39, 0.29) is 0 Å². The van der Waals surface area contributed by atoms with E-state index in [1.165, 1.54) is 0 Å². The lowest BCUT2D eigenvalue weighted by atomic mass is 10.3. The number of aliphatic imine (C=N–C) groups is 1. The number of hydrogen-bond donors (Lipinski definition) is 0. The first-order chi connectivity index (χ1) is 6.40. The van der Waals surface area contributed by atoms with E-state index in [9.17, 15) is 0 Å². The fourth-order valence-electron chi connectivity index (χ4n) is 1.14. The highest BCUT2D eigenvalue weighted by atomic mass is 15.0. The van der Waals surface area contributed by atoms with Crippen LogP contribution in [0.2, 0.25) is 0 Å². The first-order valence-corrected chi connectivity index (χ1v) is 3.84. The van der Waals surface area contributed by atoms with Gasteiger partial charge in [0.15, 0.2) is 5.84 Å². The van der Waals surface area contributed by atoms with Crippen LogP contribution < -0.4 is 10.7 Å². The second kappa shape index (κ2) is 3.15. The molecule has 0 N–H and O–H groups in total. The van der Waals surface area contributed by atoms with Crippen molar-refractivity contribution < 1.29 is 0 Å². The molecular formula is C9H6N4. The number of para-hydroxylation sites is 2. The highest BCUT2D eigenvalue weighted by Crippen LogP contribution is 1.85. The summed E-state index contributed by atoms with van der Waals surface area (Å²) in [6.45, 7) is 0.393. The van der Waals surface area contributed by atoms with Gasteiger partial charge in [0.05, 0.1) is 10.7 Å². The molecule has 2 rings (SSSR count). The molecule has 0 saturated heterocycles. The maximum Gasteiger partial charge on any atom is 0.207 e. The molecule has 0 spiro atoms. The topological polar surface area (TPSA) is 60.9 Å². The van der Waals surface area contributed by atoms with Gasteiger partial charge in [0.1, 0.15) is 6.54 Å². The molecule has 1 heterocycles. The first-order valence-electron chi connectivity index (χ1n) is 3.84. The number of hydrogen-bond acceptors (Lipinski definition) is 3. The molecule has 62 valence electrons. The lowest BCUT2D eigenvalue weighted by Gasteiger charge is -1.99. The summed E-state index contributed by atoms with van der Waals surface area (Å²) in [7, 11) is 0. The van der Waals surface area contributed by atoms with Gasteiger partial charge in [-0.3, -0.25) is 4.99 Å². The first kappa shape index (κ1) is 7.62. The molecule has 1 aliphatic heterocycles. The SMILES string of the molecule is N#CN=C1CN=c2ccccc2=N1. The highest BCUT2D eigenvalue weighted by Gasteiger charge is 2.00. The normalized spacial score (nSPS) is 16.7. The number of fused-ring (bicyclic) bond motifs is 1. The standard InChI is InChI=1S/C9H6N4/c10-6-12-9-5-11-7-3-1-2-4-8(7)13-9/h1-4H,5H2. The van der Waals surface area contributed by atoms with Crippen LogP contribution >= 0.6 is 0 Å². The van der Waals surface area contributed by atoms with E-state index in [4.69, 9.17) is 5.26 Å². The van der Waals surface area contributed by atoms with Crippen molar-refractivity contribution in [2.75, 3.05) is 6.54 Å². The average Bonchev–Trinajstić information content (AvgIpc) is 2.18. The summed E-state index contributed by atoms with van der Waals surface area (Å²) in [4.78, 5) is 11.9. The molecule has 1 aromatic rings. The number of nitrogens with zero attached hydrogens (tertiary/aromatic N) is 4. The zero-order chi connectivity index (χ0) is 9.10. The molecule has 0 amide bonds. The van der Waals surface area contributed by atoms with E-state index in [1.54, 1.807) is 6.19 Å². The van der Waals surface area contributed by atoms with Crippen molar-refractivity contribution in [3.63, 3.8) is 0 Å². The van der Waals surface area contributed by atoms with Crippen molar-refractivity contribution in [2.24, 2.45) is 15.0 Å². The van der Waals surface area contributed by atoms with E-state index in [0.29, 0.717) is 12.4 Å². The molecule has 0 aliphatic carbocycles. The largest absolute Gasteiger partial charge is 0.275 e. The Balaban J connectivity index is 2.63. The Labute approximate surface area is 74.6 Å². The van der Waals surface area contributed by atoms with Crippen molar-refractivity contribution in [3.8, 4) is 6.19 Å². The summed E-state index contributed by atoms with van der Waals surface area (Å²) in [6.07, 6.45) is 1.70. The number of benzene rings is 1. The fourth-order valence-corrected chi connectivity index (χ4v) is 1.14. The van der Waals surface area contributed by atoms with Gasteiger partial charge < -0.3 is 0 Å². The van der Waals surface area contributed by atoms with Gasteiger partial charge in [-0.05, 0) is 12.1 Å². The molecule has 4 heteroatoms. The quantitative estimate of drug-likeness (QED) is 0.498. The molecule has 0 bridgehead atoms. The van der Waals surface area contributed by atoms with Crippen LogP contribution in [0.4, 0.5) is 0 Å². The average molecular weight is 170 g/mol. The van der Waals surface area contributed by atoms with Crippen LogP contribution in [0, 0.1) is 11.5 Å². The summed E-state index contributed by atoms with van der Waals surface area (Å²) in [6, 6.07) is 7.53. The molecule has 0 unspecified atom stereocenters. The lowest BCUT2D eigenvalue weighted by Crippen LogP contribution is -2.31. The van der Waals surface area contributed by atoms with Crippen LogP contribution in [-0.2, 0) is 0 Å². The monoisotopic (exact) mass is 170 g/mol. The molecule has 1 aliphatic rings. The Bertz CT molecular complexity index is 507. The van der Waals surface area contributed by atoms with Gasteiger partial charge in [0.2, 0.25) is 6.19 Å². The van der Waals surface area contributed by atoms with Crippen molar-refractivity contribution >= 4 is 5.84 Å². The van der Waals surface area contributed by atoms with E-state index >= 15 is 0 Å². The highest BCUT2D eigenvalue weighted by molar-refractivity contribution is 5.86. The maximum absolute atomic E-state index is 8.33. The van der Waals surface area contributed by atoms with Crippen molar-refractivity contribution in [2.45, 2.75) is 0 Å². The third-order valence-electron chi connectivity index (χ3n) is 1.70. The summed E-state index contributed by atoms with van der Waals surface area (Å²) in [5.41, 5.74) is 0. The van der Waals surface area contributed by atoms with Crippen LogP contribution in [0.15, 0.2) is 39.2 Å². The number of nitriles is 1. The van der Waals surface area contributed by atoms with E-state index in [1.807, 2.05) is 24.3 Å². The Kier molecular flexibility index (Phi) is 1.85. The van der Waals surface area contributed by atoms with Gasteiger partial charge in [0, 0.05) is 0 Å². The zero-order valence-corrected chi connectivity index (χ0v) is 6.81. The summed E-state index contributed by atoms with van der Waals surface area (Å²) in [5.74, 6) is 0.473. The Morgan fingerprint density at radius 3 is 2.85 bits per heavy atom. The second-order valence-corrected chi connectivity index (χ2v) is 2.54. The second-order valence-electron chi connectivity index (χ2n) is 2.54. The number of amidine groups is 1. The Morgan fingerprint density at radius 2 is 2.08 bits per heavy atom. The molecule has 13 heavy (non-hydrogen) atoms. The molecular weight excluding hydrogens is 164 g/mol. The zero-order valence-electron chi connectivity index (χ0n) is 6.81. The van der Waals surface area contributed by atoms with Gasteiger partial charge >= 0.3 is 0 Å². The van der Waals surface area contributed by atoms with Gasteiger partial charge in [0.25, 0.3) is 0 Å². The molecule has 0 fully saturated rings. The summed E-state index contributed by atoms with van der Waals surface area (Å²) in [5, 5.41) is 9.97. The van der Waals surface area contributed by atoms with Crippen LogP contribution in [0.25, 0.3) is 0 Å². The predicted octanol–water partition coefficient (Wildman–Crippen LogP) is -0.181. The van der Waals surface area contributed by atoms with Crippen molar-refractivity contribution in [1.29, 1.82) is 5.26 Å². The van der Waals surface area contributed by atoms with Gasteiger partial charge in [-0.1, -0.05) is 12.1 Å². The van der Waals surface area contributed by atoms with Gasteiger partial charge in [-0.2, -0.15) is 10.3 Å². The molecule has 0 aromatic heterocycles. The molecule has 4 nitrogen and oxygen atoms in total. The summed E-state index contributed by atoms with van der Waals surface area (Å²) < 4.78 is 0. The molecule has 0 atom stereocenters. The van der Waals surface area contributed by atoms with E-state index < -0.39 is 0 Å². The lowest BCUT2D eigenvalue weighted by molar-refractivity contribution is 1.07. The predicted molar refractivity (Wildman–Crippen MR) is 46.7 cm³/mol. The minimum Gasteiger partial charge on any atom is -0.275 e. The minimum absolute atomic E-state index is 0.393. The summed E-state index contributed by atoms with van der Waals surface area (Å²) >= 11 is 0. The Hall–Kier alpha value is -2.02. The van der Waals surface area contributed by atoms with E-state index in [0.717, 1.165) is 10.7 Å². The van der Waals surface area contributed by atoms with Gasteiger partial charge in [-0.15, -0.1) is 0 Å². The maximum atomic E-state index is 8.33. The third kappa shape index (κ3) is 1.44. The van der Waals surface area contributed by atoms with Crippen LogP contribution in [0.1, 0.15) is 0 Å². The molecule has 0 saturated carbocycles. The Morgan fingerprint density at radius 1 is 1.31 bits per heavy atom. The van der Waals surface area contributed by atoms with Crippen molar-refractivity contribution in [1.82, 2.24) is 0 Å². The van der Waals surface area contributed by atoms with Crippen LogP contribution in [-0.4, -0.2) is 12.4 Å². The minimum atomic E-state index is 0.393. The smallest absolute Gasteiger partial charge is 0.207 e. The molecule has 1 aromatic carbocycles. The fraction of sp³-hybridized carbons (Fsp3) is 0.111. The van der Waals surface area contributed by atoms with Crippen molar-refractivity contribution in [3.05, 3.63) is 35.0 Å². The van der Waals surface area contributed by atoms with Gasteiger partial charge in [-0.25, -0.2) is 4.99 Å². The van der Waals surface area contributed by atoms with E-state index in [2.05, 4.69) is 15.0 Å². The van der Waals surface area contributed by atoms with Crippen LogP contribution in [0.3, 0.4) is 0 Å². The molecule has 0 radical (unpaired) electrons. The third-order valence-corrected chi connectivity index (χ3v) is 1.70. The van der Waals surface area contributed by atoms with Crippen LogP contribution in [0.5, 0.6) is 0 Å². The number of rotatable bonds is 0.